The average Bonchev–Trinajstić information content (AvgIpc) is 2.98. The lowest BCUT2D eigenvalue weighted by Crippen LogP contribution is -2.22. The largest absolute Gasteiger partial charge is 0.464 e. The van der Waals surface area contributed by atoms with Crippen LogP contribution in [-0.4, -0.2) is 11.6 Å². The van der Waals surface area contributed by atoms with Crippen LogP contribution in [0.2, 0.25) is 0 Å². The van der Waals surface area contributed by atoms with Crippen molar-refractivity contribution in [2.75, 3.05) is 0 Å². The van der Waals surface area contributed by atoms with Crippen molar-refractivity contribution >= 4 is 33.3 Å². The number of nitriles is 1. The second kappa shape index (κ2) is 5.06. The van der Waals surface area contributed by atoms with Crippen LogP contribution in [0.1, 0.15) is 36.3 Å². The molecule has 112 valence electrons. The molecule has 1 fully saturated rings. The lowest BCUT2D eigenvalue weighted by Gasteiger charge is -2.19. The number of carbonyl (C=O) groups excluding carboxylic acids is 2. The minimum absolute atomic E-state index is 0.0146. The maximum Gasteiger partial charge on any atom is 0.147 e. The highest BCUT2D eigenvalue weighted by atomic mass is 16.3. The van der Waals surface area contributed by atoms with E-state index in [2.05, 4.69) is 6.07 Å². The monoisotopic (exact) mass is 303 g/mol. The Kier molecular flexibility index (Phi) is 3.02. The lowest BCUT2D eigenvalue weighted by molar-refractivity contribution is -0.130. The molecule has 1 heterocycles. The normalized spacial score (nSPS) is 18.5. The van der Waals surface area contributed by atoms with Crippen molar-refractivity contribution in [3.63, 3.8) is 0 Å². The van der Waals surface area contributed by atoms with Crippen LogP contribution in [0.4, 0.5) is 0 Å². The summed E-state index contributed by atoms with van der Waals surface area (Å²) >= 11 is 0. The minimum Gasteiger partial charge on any atom is -0.464 e. The van der Waals surface area contributed by atoms with E-state index in [-0.39, 0.29) is 23.9 Å². The number of benzene rings is 2. The van der Waals surface area contributed by atoms with Crippen molar-refractivity contribution in [2.45, 2.75) is 25.2 Å². The van der Waals surface area contributed by atoms with Gasteiger partial charge < -0.3 is 4.42 Å². The molecule has 0 amide bonds. The Morgan fingerprint density at radius 3 is 2.83 bits per heavy atom. The van der Waals surface area contributed by atoms with E-state index in [0.29, 0.717) is 18.4 Å². The van der Waals surface area contributed by atoms with Gasteiger partial charge in [-0.05, 0) is 35.4 Å². The number of rotatable bonds is 1. The van der Waals surface area contributed by atoms with E-state index >= 15 is 0 Å². The number of carbonyl (C=O) groups is 2. The fraction of sp³-hybridized carbons (Fsp3) is 0.211. The molecular weight excluding hydrogens is 290 g/mol. The molecular formula is C19H13NO3. The van der Waals surface area contributed by atoms with Gasteiger partial charge in [0.05, 0.1) is 24.3 Å². The van der Waals surface area contributed by atoms with Gasteiger partial charge >= 0.3 is 0 Å². The van der Waals surface area contributed by atoms with E-state index < -0.39 is 0 Å². The van der Waals surface area contributed by atoms with Crippen molar-refractivity contribution in [2.24, 2.45) is 0 Å². The summed E-state index contributed by atoms with van der Waals surface area (Å²) < 4.78 is 5.64. The molecule has 3 aromatic rings. The molecule has 0 radical (unpaired) electrons. The van der Waals surface area contributed by atoms with E-state index in [4.69, 9.17) is 9.68 Å². The van der Waals surface area contributed by atoms with Crippen LogP contribution < -0.4 is 0 Å². The Morgan fingerprint density at radius 1 is 1.17 bits per heavy atom. The molecule has 0 unspecified atom stereocenters. The Bertz CT molecular complexity index is 1010. The molecule has 0 saturated heterocycles. The molecule has 1 aliphatic carbocycles. The Morgan fingerprint density at radius 2 is 2.04 bits per heavy atom. The quantitative estimate of drug-likeness (QED) is 0.640. The van der Waals surface area contributed by atoms with Crippen LogP contribution in [0.3, 0.4) is 0 Å². The predicted octanol–water partition coefficient (Wildman–Crippen LogP) is 3.86. The summed E-state index contributed by atoms with van der Waals surface area (Å²) in [5.41, 5.74) is 2.18. The van der Waals surface area contributed by atoms with E-state index in [1.54, 1.807) is 12.3 Å². The van der Waals surface area contributed by atoms with Crippen LogP contribution in [0.15, 0.2) is 41.0 Å². The van der Waals surface area contributed by atoms with Crippen molar-refractivity contribution < 1.29 is 14.0 Å². The van der Waals surface area contributed by atoms with Gasteiger partial charge in [0.2, 0.25) is 0 Å². The second-order valence-corrected chi connectivity index (χ2v) is 5.95. The van der Waals surface area contributed by atoms with Crippen LogP contribution in [0.25, 0.3) is 21.7 Å². The minimum atomic E-state index is -0.282. The number of Topliss-reactive ketones (excluding diaryl/α,β-unsaturated/α-hetero) is 2. The van der Waals surface area contributed by atoms with Gasteiger partial charge in [-0.3, -0.25) is 9.59 Å². The number of hydrogen-bond donors (Lipinski definition) is 0. The highest BCUT2D eigenvalue weighted by Crippen LogP contribution is 2.38. The van der Waals surface area contributed by atoms with Crippen LogP contribution in [0, 0.1) is 11.3 Å². The Hall–Kier alpha value is -2.93. The van der Waals surface area contributed by atoms with Crippen LogP contribution in [-0.2, 0) is 9.59 Å². The van der Waals surface area contributed by atoms with Crippen LogP contribution >= 0.6 is 0 Å². The molecule has 1 aliphatic rings. The summed E-state index contributed by atoms with van der Waals surface area (Å²) in [6.07, 6.45) is 2.63. The molecule has 4 heteroatoms. The smallest absolute Gasteiger partial charge is 0.147 e. The summed E-state index contributed by atoms with van der Waals surface area (Å²) in [5.74, 6) is -0.299. The van der Waals surface area contributed by atoms with Gasteiger partial charge in [0.1, 0.15) is 17.1 Å². The van der Waals surface area contributed by atoms with Crippen molar-refractivity contribution in [3.05, 3.63) is 47.7 Å². The van der Waals surface area contributed by atoms with Crippen molar-refractivity contribution in [3.8, 4) is 6.07 Å². The molecule has 0 bridgehead atoms. The SMILES string of the molecule is N#Cc1ccc2c(ccc3occ([C@@H]4CCC(=O)CC4=O)c32)c1. The van der Waals surface area contributed by atoms with Crippen molar-refractivity contribution in [1.29, 1.82) is 5.26 Å². The van der Waals surface area contributed by atoms with Gasteiger partial charge in [0.15, 0.2) is 0 Å². The Labute approximate surface area is 132 Å². The summed E-state index contributed by atoms with van der Waals surface area (Å²) in [6.45, 7) is 0. The molecule has 4 rings (SSSR count). The van der Waals surface area contributed by atoms with Gasteiger partial charge in [0, 0.05) is 23.3 Å². The van der Waals surface area contributed by atoms with E-state index in [9.17, 15) is 9.59 Å². The third-order valence-electron chi connectivity index (χ3n) is 4.56. The van der Waals surface area contributed by atoms with E-state index in [1.807, 2.05) is 24.3 Å². The van der Waals surface area contributed by atoms with Gasteiger partial charge in [-0.2, -0.15) is 5.26 Å². The van der Waals surface area contributed by atoms with Crippen LogP contribution in [0.5, 0.6) is 0 Å². The highest BCUT2D eigenvalue weighted by molar-refractivity contribution is 6.11. The first kappa shape index (κ1) is 13.7. The summed E-state index contributed by atoms with van der Waals surface area (Å²) in [7, 11) is 0. The zero-order valence-corrected chi connectivity index (χ0v) is 12.3. The molecule has 2 aromatic carbocycles. The first-order valence-corrected chi connectivity index (χ1v) is 7.56. The molecule has 1 aromatic heterocycles. The molecule has 0 N–H and O–H groups in total. The van der Waals surface area contributed by atoms with Crippen molar-refractivity contribution in [1.82, 2.24) is 0 Å². The van der Waals surface area contributed by atoms with E-state index in [0.717, 1.165) is 27.3 Å². The van der Waals surface area contributed by atoms with Gasteiger partial charge in [-0.25, -0.2) is 0 Å². The summed E-state index contributed by atoms with van der Waals surface area (Å²) in [6, 6.07) is 11.4. The molecule has 0 spiro atoms. The number of ketones is 2. The number of hydrogen-bond acceptors (Lipinski definition) is 4. The second-order valence-electron chi connectivity index (χ2n) is 5.95. The first-order valence-electron chi connectivity index (χ1n) is 7.56. The number of furan rings is 1. The maximum absolute atomic E-state index is 12.3. The fourth-order valence-corrected chi connectivity index (χ4v) is 3.42. The van der Waals surface area contributed by atoms with Gasteiger partial charge in [-0.15, -0.1) is 0 Å². The maximum atomic E-state index is 12.3. The zero-order chi connectivity index (χ0) is 16.0. The first-order chi connectivity index (χ1) is 11.2. The lowest BCUT2D eigenvalue weighted by atomic mass is 9.81. The molecule has 23 heavy (non-hydrogen) atoms. The fourth-order valence-electron chi connectivity index (χ4n) is 3.42. The molecule has 0 aliphatic heterocycles. The van der Waals surface area contributed by atoms with E-state index in [1.165, 1.54) is 0 Å². The standard InChI is InChI=1S/C19H13NO3/c20-9-11-1-4-14-12(7-11)2-6-18-19(14)16(10-23-18)15-5-3-13(21)8-17(15)22/h1-2,4,6-7,10,15H,3,5,8H2/t15-/m0/s1. The van der Waals surface area contributed by atoms with Gasteiger partial charge in [-0.1, -0.05) is 12.1 Å². The Balaban J connectivity index is 1.94. The number of nitrogens with zero attached hydrogens (tertiary/aromatic N) is 1. The molecule has 4 nitrogen and oxygen atoms in total. The number of fused-ring (bicyclic) bond motifs is 3. The highest BCUT2D eigenvalue weighted by Gasteiger charge is 2.31. The zero-order valence-electron chi connectivity index (χ0n) is 12.3. The summed E-state index contributed by atoms with van der Waals surface area (Å²) in [5, 5.41) is 11.9. The summed E-state index contributed by atoms with van der Waals surface area (Å²) in [4.78, 5) is 23.7. The third kappa shape index (κ3) is 2.13. The third-order valence-corrected chi connectivity index (χ3v) is 4.56. The predicted molar refractivity (Wildman–Crippen MR) is 85.0 cm³/mol. The molecule has 1 atom stereocenters. The van der Waals surface area contributed by atoms with Gasteiger partial charge in [0.25, 0.3) is 0 Å². The topological polar surface area (TPSA) is 71.1 Å². The average molecular weight is 303 g/mol. The molecule has 1 saturated carbocycles.